The summed E-state index contributed by atoms with van der Waals surface area (Å²) in [5, 5.41) is 14.7. The van der Waals surface area contributed by atoms with Gasteiger partial charge in [0.25, 0.3) is 0 Å². The number of hydrogen-bond acceptors (Lipinski definition) is 4. The van der Waals surface area contributed by atoms with Crippen LogP contribution in [0.3, 0.4) is 0 Å². The molecule has 2 heterocycles. The van der Waals surface area contributed by atoms with E-state index in [0.29, 0.717) is 5.69 Å². The molecule has 0 atom stereocenters. The van der Waals surface area contributed by atoms with Crippen molar-refractivity contribution in [2.75, 3.05) is 28.6 Å². The molecule has 0 saturated carbocycles. The van der Waals surface area contributed by atoms with Crippen LogP contribution in [0.25, 0.3) is 11.3 Å². The maximum absolute atomic E-state index is 12.5. The second-order valence-corrected chi connectivity index (χ2v) is 9.93. The van der Waals surface area contributed by atoms with E-state index in [0.717, 1.165) is 41.8 Å². The van der Waals surface area contributed by atoms with Gasteiger partial charge in [-0.15, -0.1) is 10.2 Å². The number of carbonyl (C=O) groups is 1. The van der Waals surface area contributed by atoms with Gasteiger partial charge in [-0.25, -0.2) is 4.79 Å². The average Bonchev–Trinajstić information content (AvgIpc) is 2.80. The summed E-state index contributed by atoms with van der Waals surface area (Å²) in [6.07, 6.45) is 2.39. The summed E-state index contributed by atoms with van der Waals surface area (Å²) in [6.45, 7) is 10.9. The molecule has 6 heteroatoms. The fraction of sp³-hybridized carbons (Fsp3) is 0.370. The zero-order chi connectivity index (χ0) is 23.4. The Morgan fingerprint density at radius 3 is 2.24 bits per heavy atom. The van der Waals surface area contributed by atoms with Gasteiger partial charge < -0.3 is 15.5 Å². The molecule has 1 aliphatic rings. The van der Waals surface area contributed by atoms with Crippen molar-refractivity contribution in [1.82, 2.24) is 10.2 Å². The number of anilines is 3. The van der Waals surface area contributed by atoms with Crippen LogP contribution in [-0.4, -0.2) is 29.3 Å². The van der Waals surface area contributed by atoms with Gasteiger partial charge >= 0.3 is 6.03 Å². The lowest BCUT2D eigenvalue weighted by Gasteiger charge is -2.30. The highest BCUT2D eigenvalue weighted by molar-refractivity contribution is 6.00. The molecule has 33 heavy (non-hydrogen) atoms. The highest BCUT2D eigenvalue weighted by Crippen LogP contribution is 2.25. The van der Waals surface area contributed by atoms with Crippen molar-refractivity contribution in [1.29, 1.82) is 0 Å². The van der Waals surface area contributed by atoms with Gasteiger partial charge in [0.1, 0.15) is 0 Å². The van der Waals surface area contributed by atoms with Gasteiger partial charge in [-0.3, -0.25) is 0 Å². The Balaban J connectivity index is 1.39. The van der Waals surface area contributed by atoms with E-state index in [1.54, 1.807) is 0 Å². The van der Waals surface area contributed by atoms with Crippen LogP contribution in [0.15, 0.2) is 60.7 Å². The second kappa shape index (κ2) is 9.61. The Hall–Kier alpha value is -3.41. The predicted molar refractivity (Wildman–Crippen MR) is 136 cm³/mol. The highest BCUT2D eigenvalue weighted by Gasteiger charge is 2.17. The van der Waals surface area contributed by atoms with Crippen molar-refractivity contribution >= 4 is 23.2 Å². The second-order valence-electron chi connectivity index (χ2n) is 9.93. The van der Waals surface area contributed by atoms with Gasteiger partial charge in [0, 0.05) is 30.0 Å². The van der Waals surface area contributed by atoms with Crippen LogP contribution >= 0.6 is 0 Å². The Morgan fingerprint density at radius 1 is 0.909 bits per heavy atom. The first kappa shape index (κ1) is 22.8. The number of urea groups is 1. The van der Waals surface area contributed by atoms with E-state index in [2.05, 4.69) is 53.4 Å². The molecule has 2 aromatic carbocycles. The Morgan fingerprint density at radius 2 is 1.61 bits per heavy atom. The first-order chi connectivity index (χ1) is 15.8. The number of rotatable bonds is 4. The highest BCUT2D eigenvalue weighted by atomic mass is 16.2. The van der Waals surface area contributed by atoms with E-state index in [4.69, 9.17) is 0 Å². The molecule has 0 unspecified atom stereocenters. The Bertz CT molecular complexity index is 1080. The van der Waals surface area contributed by atoms with E-state index in [9.17, 15) is 4.79 Å². The minimum atomic E-state index is -0.281. The number of hydrogen-bond donors (Lipinski definition) is 2. The number of aromatic nitrogens is 2. The summed E-state index contributed by atoms with van der Waals surface area (Å²) in [6, 6.07) is 19.3. The minimum Gasteiger partial charge on any atom is -0.355 e. The van der Waals surface area contributed by atoms with Crippen LogP contribution in [0.4, 0.5) is 22.0 Å². The summed E-state index contributed by atoms with van der Waals surface area (Å²) in [4.78, 5) is 14.8. The van der Waals surface area contributed by atoms with Crippen LogP contribution in [0, 0.1) is 5.92 Å². The normalized spacial score (nSPS) is 14.7. The van der Waals surface area contributed by atoms with Crippen LogP contribution in [-0.2, 0) is 5.41 Å². The fourth-order valence-electron chi connectivity index (χ4n) is 3.99. The first-order valence-corrected chi connectivity index (χ1v) is 11.7. The van der Waals surface area contributed by atoms with Crippen molar-refractivity contribution in [3.63, 3.8) is 0 Å². The van der Waals surface area contributed by atoms with Gasteiger partial charge in [-0.2, -0.15) is 0 Å². The maximum Gasteiger partial charge on any atom is 0.323 e. The molecule has 1 saturated heterocycles. The topological polar surface area (TPSA) is 70.2 Å². The van der Waals surface area contributed by atoms with Crippen LogP contribution < -0.4 is 15.5 Å². The molecule has 1 aromatic heterocycles. The standard InChI is InChI=1S/C27H33N5O/c1-19-14-16-32(17-15-19)25-13-12-24(30-31-25)20-6-5-7-23(18-20)29-26(33)28-22-10-8-21(9-11-22)27(2,3)4/h5-13,18-19H,14-17H2,1-4H3,(H2,28,29,33). The molecular formula is C27H33N5O. The zero-order valence-corrected chi connectivity index (χ0v) is 19.9. The number of amides is 2. The first-order valence-electron chi connectivity index (χ1n) is 11.7. The molecular weight excluding hydrogens is 410 g/mol. The summed E-state index contributed by atoms with van der Waals surface area (Å²) in [5.74, 6) is 1.71. The van der Waals surface area contributed by atoms with Crippen molar-refractivity contribution in [2.24, 2.45) is 5.92 Å². The molecule has 4 rings (SSSR count). The third-order valence-electron chi connectivity index (χ3n) is 6.18. The van der Waals surface area contributed by atoms with E-state index in [1.807, 2.05) is 60.7 Å². The molecule has 2 N–H and O–H groups in total. The number of piperidine rings is 1. The molecule has 6 nitrogen and oxygen atoms in total. The number of benzene rings is 2. The molecule has 0 bridgehead atoms. The quantitative estimate of drug-likeness (QED) is 0.495. The molecule has 1 fully saturated rings. The molecule has 172 valence electrons. The monoisotopic (exact) mass is 443 g/mol. The third kappa shape index (κ3) is 5.89. The lowest BCUT2D eigenvalue weighted by molar-refractivity contribution is 0.262. The number of nitrogens with zero attached hydrogens (tertiary/aromatic N) is 3. The van der Waals surface area contributed by atoms with Crippen LogP contribution in [0.2, 0.25) is 0 Å². The van der Waals surface area contributed by atoms with E-state index in [-0.39, 0.29) is 11.4 Å². The molecule has 0 radical (unpaired) electrons. The summed E-state index contributed by atoms with van der Waals surface area (Å²) in [7, 11) is 0. The van der Waals surface area contributed by atoms with Crippen LogP contribution in [0.5, 0.6) is 0 Å². The number of nitrogens with one attached hydrogen (secondary N) is 2. The smallest absolute Gasteiger partial charge is 0.323 e. The van der Waals surface area contributed by atoms with E-state index in [1.165, 1.54) is 18.4 Å². The van der Waals surface area contributed by atoms with E-state index >= 15 is 0 Å². The predicted octanol–water partition coefficient (Wildman–Crippen LogP) is 6.32. The van der Waals surface area contributed by atoms with Crippen LogP contribution in [0.1, 0.15) is 46.1 Å². The van der Waals surface area contributed by atoms with Gasteiger partial charge in [0.05, 0.1) is 5.69 Å². The molecule has 2 amide bonds. The summed E-state index contributed by atoms with van der Waals surface area (Å²) >= 11 is 0. The summed E-state index contributed by atoms with van der Waals surface area (Å²) in [5.41, 5.74) is 4.45. The van der Waals surface area contributed by atoms with Gasteiger partial charge in [-0.1, -0.05) is 52.0 Å². The van der Waals surface area contributed by atoms with Crippen molar-refractivity contribution < 1.29 is 4.79 Å². The van der Waals surface area contributed by atoms with Gasteiger partial charge in [0.15, 0.2) is 5.82 Å². The van der Waals surface area contributed by atoms with Crippen molar-refractivity contribution in [3.05, 3.63) is 66.2 Å². The maximum atomic E-state index is 12.5. The molecule has 3 aromatic rings. The Kier molecular flexibility index (Phi) is 6.63. The zero-order valence-electron chi connectivity index (χ0n) is 19.9. The fourth-order valence-corrected chi connectivity index (χ4v) is 3.99. The number of carbonyl (C=O) groups excluding carboxylic acids is 1. The van der Waals surface area contributed by atoms with Gasteiger partial charge in [0.2, 0.25) is 0 Å². The third-order valence-corrected chi connectivity index (χ3v) is 6.18. The Labute approximate surface area is 196 Å². The van der Waals surface area contributed by atoms with Gasteiger partial charge in [-0.05, 0) is 66.1 Å². The molecule has 1 aliphatic heterocycles. The van der Waals surface area contributed by atoms with E-state index < -0.39 is 0 Å². The van der Waals surface area contributed by atoms with Crippen molar-refractivity contribution in [2.45, 2.75) is 46.0 Å². The van der Waals surface area contributed by atoms with Crippen molar-refractivity contribution in [3.8, 4) is 11.3 Å². The largest absolute Gasteiger partial charge is 0.355 e. The SMILES string of the molecule is CC1CCN(c2ccc(-c3cccc(NC(=O)Nc4ccc(C(C)(C)C)cc4)c3)nn2)CC1. The minimum absolute atomic E-state index is 0.0781. The average molecular weight is 444 g/mol. The molecule has 0 aliphatic carbocycles. The summed E-state index contributed by atoms with van der Waals surface area (Å²) < 4.78 is 0. The molecule has 0 spiro atoms. The lowest BCUT2D eigenvalue weighted by Crippen LogP contribution is -2.33. The lowest BCUT2D eigenvalue weighted by atomic mass is 9.87.